The predicted molar refractivity (Wildman–Crippen MR) is 54.8 cm³/mol. The average Bonchev–Trinajstić information content (AvgIpc) is 2.50. The van der Waals surface area contributed by atoms with Crippen molar-refractivity contribution >= 4 is 0 Å². The zero-order chi connectivity index (χ0) is 10.6. The SMILES string of the molecule is [CH2-]Cc1cn(CCOC(C)(C)C)nn1.[W]. The number of hydrogen-bond acceptors (Lipinski definition) is 3. The largest absolute Gasteiger partial charge is 0.374 e. The Hall–Kier alpha value is -0.212. The van der Waals surface area contributed by atoms with Gasteiger partial charge in [-0.1, -0.05) is 5.21 Å². The molecule has 0 bridgehead atoms. The van der Waals surface area contributed by atoms with Gasteiger partial charge >= 0.3 is 0 Å². The van der Waals surface area contributed by atoms with Crippen LogP contribution in [0.3, 0.4) is 0 Å². The smallest absolute Gasteiger partial charge is 0.0670 e. The molecule has 1 heterocycles. The molecule has 0 radical (unpaired) electrons. The molecular weight excluding hydrogens is 362 g/mol. The van der Waals surface area contributed by atoms with E-state index in [1.165, 1.54) is 0 Å². The van der Waals surface area contributed by atoms with Crippen LogP contribution in [0.2, 0.25) is 0 Å². The minimum atomic E-state index is -0.0876. The predicted octanol–water partition coefficient (Wildman–Crippen LogP) is 1.47. The molecule has 0 aromatic carbocycles. The minimum absolute atomic E-state index is 0. The minimum Gasteiger partial charge on any atom is -0.374 e. The van der Waals surface area contributed by atoms with Crippen LogP contribution in [0.15, 0.2) is 6.20 Å². The van der Waals surface area contributed by atoms with Crippen molar-refractivity contribution in [1.29, 1.82) is 0 Å². The molecule has 1 rings (SSSR count). The Labute approximate surface area is 106 Å². The molecule has 4 nitrogen and oxygen atoms in total. The van der Waals surface area contributed by atoms with Gasteiger partial charge in [-0.25, -0.2) is 0 Å². The van der Waals surface area contributed by atoms with Gasteiger partial charge in [-0.05, 0) is 20.8 Å². The molecule has 0 aliphatic carbocycles. The summed E-state index contributed by atoms with van der Waals surface area (Å²) < 4.78 is 7.36. The van der Waals surface area contributed by atoms with E-state index in [0.29, 0.717) is 13.0 Å². The van der Waals surface area contributed by atoms with Crippen LogP contribution in [0.5, 0.6) is 0 Å². The molecular formula is C10H18N3OW-. The molecule has 0 fully saturated rings. The van der Waals surface area contributed by atoms with Gasteiger partial charge in [-0.3, -0.25) is 4.68 Å². The number of aromatic nitrogens is 3. The first kappa shape index (κ1) is 14.8. The molecule has 0 unspecified atom stereocenters. The Morgan fingerprint density at radius 1 is 1.47 bits per heavy atom. The van der Waals surface area contributed by atoms with Crippen molar-refractivity contribution in [2.75, 3.05) is 6.61 Å². The van der Waals surface area contributed by atoms with Crippen LogP contribution in [0.1, 0.15) is 26.5 Å². The Morgan fingerprint density at radius 3 is 2.60 bits per heavy atom. The van der Waals surface area contributed by atoms with E-state index in [1.807, 2.05) is 27.0 Å². The molecule has 0 aliphatic rings. The standard InChI is InChI=1S/C10H18N3O.W/c1-5-9-8-13(12-11-9)6-7-14-10(2,3)4;/h8H,1,5-7H2,2-4H3;/q-1;. The molecule has 0 atom stereocenters. The quantitative estimate of drug-likeness (QED) is 0.743. The molecule has 0 amide bonds. The fourth-order valence-corrected chi connectivity index (χ4v) is 1.01. The number of hydrogen-bond donors (Lipinski definition) is 0. The van der Waals surface area contributed by atoms with Crippen molar-refractivity contribution in [3.05, 3.63) is 18.8 Å². The number of rotatable bonds is 4. The molecule has 5 heteroatoms. The van der Waals surface area contributed by atoms with Crippen molar-refractivity contribution in [1.82, 2.24) is 15.0 Å². The van der Waals surface area contributed by atoms with Crippen LogP contribution in [-0.2, 0) is 38.8 Å². The second-order valence-electron chi connectivity index (χ2n) is 4.18. The van der Waals surface area contributed by atoms with Crippen molar-refractivity contribution in [3.8, 4) is 0 Å². The molecule has 1 aromatic rings. The summed E-state index contributed by atoms with van der Waals surface area (Å²) in [7, 11) is 0. The Bertz CT molecular complexity index is 280. The van der Waals surface area contributed by atoms with Gasteiger partial charge in [0.25, 0.3) is 0 Å². The van der Waals surface area contributed by atoms with E-state index in [-0.39, 0.29) is 26.7 Å². The third kappa shape index (κ3) is 6.06. The second kappa shape index (κ2) is 6.39. The molecule has 86 valence electrons. The Morgan fingerprint density at radius 2 is 2.13 bits per heavy atom. The monoisotopic (exact) mass is 380 g/mol. The van der Waals surface area contributed by atoms with Gasteiger partial charge in [0.2, 0.25) is 0 Å². The van der Waals surface area contributed by atoms with Crippen molar-refractivity contribution in [2.24, 2.45) is 0 Å². The second-order valence-corrected chi connectivity index (χ2v) is 4.18. The van der Waals surface area contributed by atoms with E-state index in [2.05, 4.69) is 17.2 Å². The molecule has 0 spiro atoms. The fourth-order valence-electron chi connectivity index (χ4n) is 1.01. The first-order valence-electron chi connectivity index (χ1n) is 4.83. The summed E-state index contributed by atoms with van der Waals surface area (Å²) in [5.41, 5.74) is 0.830. The zero-order valence-corrected chi connectivity index (χ0v) is 12.5. The Kier molecular flexibility index (Phi) is 6.30. The zero-order valence-electron chi connectivity index (χ0n) is 9.56. The van der Waals surface area contributed by atoms with Crippen LogP contribution < -0.4 is 0 Å². The van der Waals surface area contributed by atoms with E-state index in [0.717, 1.165) is 12.2 Å². The van der Waals surface area contributed by atoms with Gasteiger partial charge in [-0.2, -0.15) is 0 Å². The van der Waals surface area contributed by atoms with Crippen LogP contribution in [-0.4, -0.2) is 27.2 Å². The maximum Gasteiger partial charge on any atom is 0.0670 e. The molecule has 0 aliphatic heterocycles. The van der Waals surface area contributed by atoms with E-state index >= 15 is 0 Å². The molecule has 15 heavy (non-hydrogen) atoms. The van der Waals surface area contributed by atoms with Gasteiger partial charge in [-0.15, -0.1) is 11.5 Å². The Balaban J connectivity index is 0.00000196. The van der Waals surface area contributed by atoms with Crippen LogP contribution >= 0.6 is 0 Å². The van der Waals surface area contributed by atoms with E-state index in [1.54, 1.807) is 4.68 Å². The normalized spacial score (nSPS) is 11.2. The van der Waals surface area contributed by atoms with Crippen LogP contribution in [0.25, 0.3) is 0 Å². The summed E-state index contributed by atoms with van der Waals surface area (Å²) in [5, 5.41) is 7.90. The third-order valence-corrected chi connectivity index (χ3v) is 1.70. The molecule has 0 saturated heterocycles. The van der Waals surface area contributed by atoms with Crippen molar-refractivity contribution in [3.63, 3.8) is 0 Å². The summed E-state index contributed by atoms with van der Waals surface area (Å²) in [4.78, 5) is 0. The third-order valence-electron chi connectivity index (χ3n) is 1.70. The molecule has 1 aromatic heterocycles. The summed E-state index contributed by atoms with van der Waals surface area (Å²) in [5.74, 6) is 0. The average molecular weight is 380 g/mol. The van der Waals surface area contributed by atoms with Gasteiger partial charge < -0.3 is 11.7 Å². The van der Waals surface area contributed by atoms with Gasteiger partial charge in [0.1, 0.15) is 0 Å². The topological polar surface area (TPSA) is 39.9 Å². The van der Waals surface area contributed by atoms with Crippen LogP contribution in [0, 0.1) is 6.92 Å². The first-order valence-corrected chi connectivity index (χ1v) is 4.83. The van der Waals surface area contributed by atoms with Crippen molar-refractivity contribution in [2.45, 2.75) is 39.3 Å². The summed E-state index contributed by atoms with van der Waals surface area (Å²) >= 11 is 0. The van der Waals surface area contributed by atoms with Gasteiger partial charge in [0.05, 0.1) is 24.4 Å². The summed E-state index contributed by atoms with van der Waals surface area (Å²) in [6.45, 7) is 11.3. The van der Waals surface area contributed by atoms with E-state index in [9.17, 15) is 0 Å². The van der Waals surface area contributed by atoms with Crippen LogP contribution in [0.4, 0.5) is 0 Å². The molecule has 0 saturated carbocycles. The van der Waals surface area contributed by atoms with Crippen molar-refractivity contribution < 1.29 is 25.8 Å². The van der Waals surface area contributed by atoms with Gasteiger partial charge in [0, 0.05) is 27.3 Å². The fraction of sp³-hybridized carbons (Fsp3) is 0.700. The van der Waals surface area contributed by atoms with E-state index in [4.69, 9.17) is 4.74 Å². The maximum atomic E-state index is 5.57. The summed E-state index contributed by atoms with van der Waals surface area (Å²) in [6.07, 6.45) is 2.58. The summed E-state index contributed by atoms with van der Waals surface area (Å²) in [6, 6.07) is 0. The number of ether oxygens (including phenoxy) is 1. The van der Waals surface area contributed by atoms with Gasteiger partial charge in [0.15, 0.2) is 0 Å². The van der Waals surface area contributed by atoms with E-state index < -0.39 is 0 Å². The first-order chi connectivity index (χ1) is 6.51. The maximum absolute atomic E-state index is 5.57. The number of nitrogens with zero attached hydrogens (tertiary/aromatic N) is 3. The molecule has 0 N–H and O–H groups in total.